The summed E-state index contributed by atoms with van der Waals surface area (Å²) in [7, 11) is 0. The topological polar surface area (TPSA) is 133 Å². The smallest absolute Gasteiger partial charge is 0.268 e. The van der Waals surface area contributed by atoms with Gasteiger partial charge in [0.25, 0.3) is 17.5 Å². The van der Waals surface area contributed by atoms with Crippen molar-refractivity contribution in [1.82, 2.24) is 10.2 Å². The summed E-state index contributed by atoms with van der Waals surface area (Å²) in [5.41, 5.74) is -0.777. The Kier molecular flexibility index (Phi) is 3.34. The fourth-order valence-corrected chi connectivity index (χ4v) is 2.83. The molecule has 1 aliphatic heterocycles. The normalized spacial score (nSPS) is 13.1. The van der Waals surface area contributed by atoms with Gasteiger partial charge >= 0.3 is 0 Å². The van der Waals surface area contributed by atoms with Crippen molar-refractivity contribution in [2.45, 2.75) is 5.03 Å². The predicted octanol–water partition coefficient (Wildman–Crippen LogP) is 1.71. The molecule has 9 nitrogen and oxygen atoms in total. The van der Waals surface area contributed by atoms with Crippen LogP contribution in [0.2, 0.25) is 0 Å². The second-order valence-corrected chi connectivity index (χ2v) is 5.27. The lowest BCUT2D eigenvalue weighted by atomic mass is 10.1. The van der Waals surface area contributed by atoms with Crippen molar-refractivity contribution < 1.29 is 14.5 Å². The molecular weight excluding hydrogens is 322 g/mol. The van der Waals surface area contributed by atoms with Gasteiger partial charge in [-0.05, 0) is 12.3 Å². The number of aromatic nitrogens is 2. The molecule has 3 rings (SSSR count). The summed E-state index contributed by atoms with van der Waals surface area (Å²) >= 11 is 1.17. The number of nitrogens with zero attached hydrogens (tertiary/aromatic N) is 4. The molecule has 2 heterocycles. The Bertz CT molecular complexity index is 914. The monoisotopic (exact) mass is 329 g/mol. The number of carbonyl (C=O) groups is 2. The molecule has 0 saturated heterocycles. The number of carbonyl (C=O) groups excluding carboxylic acids is 2. The molecule has 0 saturated carbocycles. The molecule has 2 amide bonds. The van der Waals surface area contributed by atoms with E-state index in [0.29, 0.717) is 9.93 Å². The van der Waals surface area contributed by atoms with E-state index in [1.165, 1.54) is 23.9 Å². The lowest BCUT2D eigenvalue weighted by molar-refractivity contribution is -0.385. The second kappa shape index (κ2) is 5.22. The zero-order valence-corrected chi connectivity index (χ0v) is 12.4. The van der Waals surface area contributed by atoms with Gasteiger partial charge in [0.05, 0.1) is 10.5 Å². The van der Waals surface area contributed by atoms with Crippen molar-refractivity contribution in [3.8, 4) is 6.07 Å². The molecule has 0 radical (unpaired) electrons. The number of nitro groups is 1. The second-order valence-electron chi connectivity index (χ2n) is 4.47. The maximum absolute atomic E-state index is 12.5. The Hall–Kier alpha value is -3.19. The van der Waals surface area contributed by atoms with Crippen molar-refractivity contribution in [2.24, 2.45) is 0 Å². The van der Waals surface area contributed by atoms with Crippen LogP contribution in [0.15, 0.2) is 23.2 Å². The highest BCUT2D eigenvalue weighted by atomic mass is 32.2. The van der Waals surface area contributed by atoms with Crippen LogP contribution in [0.4, 0.5) is 11.5 Å². The molecular formula is C13H7N5O4S. The van der Waals surface area contributed by atoms with Crippen LogP contribution in [0.3, 0.4) is 0 Å². The maximum atomic E-state index is 12.5. The van der Waals surface area contributed by atoms with Gasteiger partial charge in [-0.1, -0.05) is 6.07 Å². The fraction of sp³-hybridized carbons (Fsp3) is 0.0769. The van der Waals surface area contributed by atoms with E-state index < -0.39 is 22.4 Å². The lowest BCUT2D eigenvalue weighted by Crippen LogP contribution is -2.30. The summed E-state index contributed by atoms with van der Waals surface area (Å²) in [6, 6.07) is 5.70. The average molecular weight is 329 g/mol. The molecule has 0 fully saturated rings. The number of amides is 2. The molecule has 0 atom stereocenters. The van der Waals surface area contributed by atoms with Crippen molar-refractivity contribution in [2.75, 3.05) is 11.2 Å². The largest absolute Gasteiger partial charge is 0.283 e. The van der Waals surface area contributed by atoms with Gasteiger partial charge in [-0.15, -0.1) is 11.8 Å². The van der Waals surface area contributed by atoms with Crippen LogP contribution in [0.25, 0.3) is 0 Å². The van der Waals surface area contributed by atoms with Gasteiger partial charge in [0.15, 0.2) is 5.82 Å². The van der Waals surface area contributed by atoms with Crippen molar-refractivity contribution in [1.29, 1.82) is 5.26 Å². The van der Waals surface area contributed by atoms with E-state index in [0.717, 1.165) is 6.07 Å². The molecule has 1 aromatic carbocycles. The van der Waals surface area contributed by atoms with E-state index in [1.54, 1.807) is 6.26 Å². The zero-order valence-electron chi connectivity index (χ0n) is 11.6. The highest BCUT2D eigenvalue weighted by Crippen LogP contribution is 2.35. The van der Waals surface area contributed by atoms with Gasteiger partial charge in [0.1, 0.15) is 22.2 Å². The number of aromatic amines is 1. The van der Waals surface area contributed by atoms with Gasteiger partial charge in [-0.3, -0.25) is 24.8 Å². The summed E-state index contributed by atoms with van der Waals surface area (Å²) in [4.78, 5) is 36.1. The molecule has 0 unspecified atom stereocenters. The molecule has 10 heteroatoms. The molecule has 23 heavy (non-hydrogen) atoms. The molecule has 114 valence electrons. The minimum atomic E-state index is -0.856. The van der Waals surface area contributed by atoms with E-state index in [1.807, 2.05) is 6.07 Å². The minimum absolute atomic E-state index is 0.0367. The van der Waals surface area contributed by atoms with Gasteiger partial charge in [-0.2, -0.15) is 10.4 Å². The van der Waals surface area contributed by atoms with Gasteiger partial charge < -0.3 is 0 Å². The standard InChI is InChI=1S/C13H7N5O4S/c1-23-11-7(5-14)10(15-16-11)17-12(19)6-3-2-4-8(18(21)22)9(6)13(17)20/h2-4H,1H3,(H,15,16). The zero-order chi connectivity index (χ0) is 16.7. The SMILES string of the molecule is CSc1n[nH]c(N2C(=O)c3cccc([N+](=O)[O-])c3C2=O)c1C#N. The number of rotatable bonds is 3. The van der Waals surface area contributed by atoms with E-state index in [9.17, 15) is 25.0 Å². The number of fused-ring (bicyclic) bond motifs is 1. The maximum Gasteiger partial charge on any atom is 0.283 e. The van der Waals surface area contributed by atoms with Crippen LogP contribution in [0, 0.1) is 21.4 Å². The summed E-state index contributed by atoms with van der Waals surface area (Å²) in [5.74, 6) is -1.68. The molecule has 0 bridgehead atoms. The molecule has 0 spiro atoms. The first kappa shape index (κ1) is 14.7. The quantitative estimate of drug-likeness (QED) is 0.392. The first-order valence-corrected chi connectivity index (χ1v) is 7.42. The van der Waals surface area contributed by atoms with Gasteiger partial charge in [-0.25, -0.2) is 4.90 Å². The third-order valence-electron chi connectivity index (χ3n) is 3.33. The Labute approximate surface area is 133 Å². The summed E-state index contributed by atoms with van der Waals surface area (Å²) in [5, 5.41) is 27.0. The average Bonchev–Trinajstić information content (AvgIpc) is 3.06. The van der Waals surface area contributed by atoms with E-state index >= 15 is 0 Å². The Morgan fingerprint density at radius 1 is 1.39 bits per heavy atom. The molecule has 1 aromatic heterocycles. The molecule has 2 aromatic rings. The molecule has 1 N–H and O–H groups in total. The number of hydrogen-bond donors (Lipinski definition) is 1. The molecule has 0 aliphatic carbocycles. The number of hydrogen-bond acceptors (Lipinski definition) is 7. The Balaban J connectivity index is 2.19. The van der Waals surface area contributed by atoms with Crippen molar-refractivity contribution >= 4 is 35.1 Å². The van der Waals surface area contributed by atoms with Crippen molar-refractivity contribution in [3.63, 3.8) is 0 Å². The number of imide groups is 1. The summed E-state index contributed by atoms with van der Waals surface area (Å²) in [6.45, 7) is 0. The number of H-pyrrole nitrogens is 1. The summed E-state index contributed by atoms with van der Waals surface area (Å²) < 4.78 is 0. The van der Waals surface area contributed by atoms with E-state index in [4.69, 9.17) is 0 Å². The fourth-order valence-electron chi connectivity index (χ4n) is 2.35. The number of anilines is 1. The predicted molar refractivity (Wildman–Crippen MR) is 79.3 cm³/mol. The Morgan fingerprint density at radius 2 is 2.13 bits per heavy atom. The highest BCUT2D eigenvalue weighted by molar-refractivity contribution is 7.98. The van der Waals surface area contributed by atoms with Crippen LogP contribution in [0.1, 0.15) is 26.3 Å². The number of nitriles is 1. The van der Waals surface area contributed by atoms with Crippen LogP contribution in [0.5, 0.6) is 0 Å². The van der Waals surface area contributed by atoms with Crippen LogP contribution in [-0.4, -0.2) is 33.2 Å². The number of thioether (sulfide) groups is 1. The lowest BCUT2D eigenvalue weighted by Gasteiger charge is -2.11. The molecule has 1 aliphatic rings. The van der Waals surface area contributed by atoms with E-state index in [-0.39, 0.29) is 22.5 Å². The van der Waals surface area contributed by atoms with Crippen LogP contribution in [-0.2, 0) is 0 Å². The first-order valence-electron chi connectivity index (χ1n) is 6.20. The third-order valence-corrected chi connectivity index (χ3v) is 4.01. The minimum Gasteiger partial charge on any atom is -0.268 e. The van der Waals surface area contributed by atoms with Crippen LogP contribution >= 0.6 is 11.8 Å². The van der Waals surface area contributed by atoms with Gasteiger partial charge in [0, 0.05) is 6.07 Å². The van der Waals surface area contributed by atoms with Gasteiger partial charge in [0.2, 0.25) is 0 Å². The number of nitro benzene ring substituents is 1. The van der Waals surface area contributed by atoms with Crippen LogP contribution < -0.4 is 4.90 Å². The van der Waals surface area contributed by atoms with E-state index in [2.05, 4.69) is 10.2 Å². The first-order chi connectivity index (χ1) is 11.0. The summed E-state index contributed by atoms with van der Waals surface area (Å²) in [6.07, 6.45) is 1.69. The number of benzene rings is 1. The number of nitrogens with one attached hydrogen (secondary N) is 1. The Morgan fingerprint density at radius 3 is 2.74 bits per heavy atom. The van der Waals surface area contributed by atoms with Crippen molar-refractivity contribution in [3.05, 3.63) is 45.0 Å². The highest BCUT2D eigenvalue weighted by Gasteiger charge is 2.43. The third kappa shape index (κ3) is 1.98.